The molecule has 3 aromatic rings. The number of aryl methyl sites for hydroxylation is 1. The Balaban J connectivity index is 1.40. The Morgan fingerprint density at radius 1 is 1.24 bits per heavy atom. The number of hydrogen-bond acceptors (Lipinski definition) is 4. The van der Waals surface area contributed by atoms with E-state index in [2.05, 4.69) is 44.1 Å². The molecule has 0 bridgehead atoms. The summed E-state index contributed by atoms with van der Waals surface area (Å²) in [4.78, 5) is 6.78. The highest BCUT2D eigenvalue weighted by Crippen LogP contribution is 2.23. The summed E-state index contributed by atoms with van der Waals surface area (Å²) >= 11 is 0. The lowest BCUT2D eigenvalue weighted by Crippen LogP contribution is -2.38. The van der Waals surface area contributed by atoms with E-state index in [0.717, 1.165) is 25.3 Å². The van der Waals surface area contributed by atoms with Gasteiger partial charge in [0.25, 0.3) is 0 Å². The lowest BCUT2D eigenvalue weighted by molar-refractivity contribution is 0.0574. The molecule has 0 amide bonds. The van der Waals surface area contributed by atoms with Crippen LogP contribution in [0.1, 0.15) is 23.0 Å². The van der Waals surface area contributed by atoms with Gasteiger partial charge in [0.05, 0.1) is 31.1 Å². The first kappa shape index (κ1) is 16.1. The third-order valence-electron chi connectivity index (χ3n) is 4.57. The normalized spacial score (nSPS) is 17.6. The first-order valence-corrected chi connectivity index (χ1v) is 8.61. The minimum absolute atomic E-state index is 0.319. The zero-order valence-electron chi connectivity index (χ0n) is 14.5. The fourth-order valence-corrected chi connectivity index (χ4v) is 3.45. The van der Waals surface area contributed by atoms with E-state index in [4.69, 9.17) is 4.74 Å². The number of ether oxygens (including phenoxy) is 1. The molecule has 6 heteroatoms. The molecule has 1 aliphatic heterocycles. The molecule has 3 aromatic heterocycles. The van der Waals surface area contributed by atoms with E-state index in [1.165, 1.54) is 11.3 Å². The summed E-state index contributed by atoms with van der Waals surface area (Å²) in [6.45, 7) is 4.07. The predicted molar refractivity (Wildman–Crippen MR) is 94.7 cm³/mol. The van der Waals surface area contributed by atoms with Gasteiger partial charge in [0.2, 0.25) is 0 Å². The van der Waals surface area contributed by atoms with Gasteiger partial charge >= 0.3 is 0 Å². The monoisotopic (exact) mass is 337 g/mol. The molecule has 0 aliphatic carbocycles. The third kappa shape index (κ3) is 3.81. The molecule has 1 atom stereocenters. The van der Waals surface area contributed by atoms with Gasteiger partial charge in [-0.2, -0.15) is 5.10 Å². The molecule has 4 rings (SSSR count). The van der Waals surface area contributed by atoms with E-state index in [1.54, 1.807) is 6.20 Å². The van der Waals surface area contributed by atoms with Crippen LogP contribution in [0.5, 0.6) is 0 Å². The number of aromatic nitrogens is 4. The standard InChI is InChI=1S/C19H23N5O/c1-22-10-16(9-21-22)11-23-12-18-6-4-8-24(18)19(13-23)15-25-14-17-5-2-3-7-20-17/h2-10,19H,11-15H2,1H3. The molecule has 130 valence electrons. The Morgan fingerprint density at radius 3 is 3.00 bits per heavy atom. The molecule has 1 unspecified atom stereocenters. The summed E-state index contributed by atoms with van der Waals surface area (Å²) < 4.78 is 10.2. The first-order valence-electron chi connectivity index (χ1n) is 8.61. The van der Waals surface area contributed by atoms with E-state index < -0.39 is 0 Å². The van der Waals surface area contributed by atoms with Gasteiger partial charge in [0.15, 0.2) is 0 Å². The molecule has 0 saturated heterocycles. The summed E-state index contributed by atoms with van der Waals surface area (Å²) in [5.41, 5.74) is 3.55. The van der Waals surface area contributed by atoms with Gasteiger partial charge in [-0.15, -0.1) is 0 Å². The summed E-state index contributed by atoms with van der Waals surface area (Å²) in [7, 11) is 1.96. The van der Waals surface area contributed by atoms with Crippen LogP contribution >= 0.6 is 0 Å². The maximum Gasteiger partial charge on any atom is 0.0888 e. The highest BCUT2D eigenvalue weighted by molar-refractivity contribution is 5.13. The van der Waals surface area contributed by atoms with Gasteiger partial charge < -0.3 is 9.30 Å². The van der Waals surface area contributed by atoms with E-state index >= 15 is 0 Å². The van der Waals surface area contributed by atoms with Gasteiger partial charge in [-0.1, -0.05) is 6.07 Å². The molecule has 25 heavy (non-hydrogen) atoms. The second-order valence-corrected chi connectivity index (χ2v) is 6.59. The minimum atomic E-state index is 0.319. The lowest BCUT2D eigenvalue weighted by atomic mass is 10.1. The zero-order valence-corrected chi connectivity index (χ0v) is 14.5. The zero-order chi connectivity index (χ0) is 17.1. The Hall–Kier alpha value is -2.44. The van der Waals surface area contributed by atoms with Crippen molar-refractivity contribution in [2.45, 2.75) is 25.7 Å². The van der Waals surface area contributed by atoms with Crippen LogP contribution in [0.3, 0.4) is 0 Å². The fourth-order valence-electron chi connectivity index (χ4n) is 3.45. The quantitative estimate of drug-likeness (QED) is 0.693. The second-order valence-electron chi connectivity index (χ2n) is 6.59. The molecule has 0 fully saturated rings. The molecule has 0 saturated carbocycles. The van der Waals surface area contributed by atoms with Crippen molar-refractivity contribution in [1.29, 1.82) is 0 Å². The molecule has 0 spiro atoms. The Bertz CT molecular complexity index is 810. The van der Waals surface area contributed by atoms with E-state index in [0.29, 0.717) is 19.3 Å². The van der Waals surface area contributed by atoms with Gasteiger partial charge in [0.1, 0.15) is 0 Å². The minimum Gasteiger partial charge on any atom is -0.373 e. The largest absolute Gasteiger partial charge is 0.373 e. The highest BCUT2D eigenvalue weighted by atomic mass is 16.5. The molecule has 0 aromatic carbocycles. The van der Waals surface area contributed by atoms with Crippen molar-refractivity contribution >= 4 is 0 Å². The number of fused-ring (bicyclic) bond motifs is 1. The average molecular weight is 337 g/mol. The number of rotatable bonds is 6. The van der Waals surface area contributed by atoms with Crippen molar-refractivity contribution < 1.29 is 4.74 Å². The maximum absolute atomic E-state index is 5.96. The van der Waals surface area contributed by atoms with Crippen molar-refractivity contribution in [3.05, 3.63) is 72.1 Å². The van der Waals surface area contributed by atoms with Crippen LogP contribution in [-0.4, -0.2) is 37.4 Å². The fraction of sp³-hybridized carbons (Fsp3) is 0.368. The Morgan fingerprint density at radius 2 is 2.20 bits per heavy atom. The number of nitrogens with zero attached hydrogens (tertiary/aromatic N) is 5. The van der Waals surface area contributed by atoms with Crippen molar-refractivity contribution in [3.63, 3.8) is 0 Å². The summed E-state index contributed by atoms with van der Waals surface area (Å²) in [6, 6.07) is 10.5. The van der Waals surface area contributed by atoms with Crippen LogP contribution in [0.2, 0.25) is 0 Å². The molecule has 4 heterocycles. The lowest BCUT2D eigenvalue weighted by Gasteiger charge is -2.34. The SMILES string of the molecule is Cn1cc(CN2Cc3cccn3C(COCc3ccccn3)C2)cn1. The van der Waals surface area contributed by atoms with Crippen molar-refractivity contribution in [2.75, 3.05) is 13.2 Å². The Kier molecular flexibility index (Phi) is 4.63. The van der Waals surface area contributed by atoms with E-state index in [1.807, 2.05) is 36.1 Å². The highest BCUT2D eigenvalue weighted by Gasteiger charge is 2.24. The van der Waals surface area contributed by atoms with Crippen LogP contribution in [-0.2, 0) is 31.5 Å². The van der Waals surface area contributed by atoms with Crippen LogP contribution in [0.4, 0.5) is 0 Å². The molecule has 0 radical (unpaired) electrons. The van der Waals surface area contributed by atoms with Gasteiger partial charge in [-0.25, -0.2) is 0 Å². The first-order chi connectivity index (χ1) is 12.3. The van der Waals surface area contributed by atoms with E-state index in [9.17, 15) is 0 Å². The second kappa shape index (κ2) is 7.21. The molecule has 1 aliphatic rings. The van der Waals surface area contributed by atoms with Crippen LogP contribution in [0.25, 0.3) is 0 Å². The third-order valence-corrected chi connectivity index (χ3v) is 4.57. The molecule has 0 N–H and O–H groups in total. The van der Waals surface area contributed by atoms with Crippen LogP contribution in [0, 0.1) is 0 Å². The van der Waals surface area contributed by atoms with Crippen molar-refractivity contribution in [2.24, 2.45) is 7.05 Å². The molecular formula is C19H23N5O. The van der Waals surface area contributed by atoms with Crippen molar-refractivity contribution in [3.8, 4) is 0 Å². The van der Waals surface area contributed by atoms with Crippen LogP contribution in [0.15, 0.2) is 55.1 Å². The van der Waals surface area contributed by atoms with Gasteiger partial charge in [-0.05, 0) is 24.3 Å². The van der Waals surface area contributed by atoms with E-state index in [-0.39, 0.29) is 0 Å². The average Bonchev–Trinajstić information content (AvgIpc) is 3.25. The van der Waals surface area contributed by atoms with Crippen molar-refractivity contribution in [1.82, 2.24) is 24.2 Å². The predicted octanol–water partition coefficient (Wildman–Crippen LogP) is 2.39. The van der Waals surface area contributed by atoms with Gasteiger partial charge in [0, 0.05) is 56.5 Å². The number of pyridine rings is 1. The van der Waals surface area contributed by atoms with Crippen LogP contribution < -0.4 is 0 Å². The summed E-state index contributed by atoms with van der Waals surface area (Å²) in [5.74, 6) is 0. The smallest absolute Gasteiger partial charge is 0.0888 e. The maximum atomic E-state index is 5.96. The Labute approximate surface area is 147 Å². The topological polar surface area (TPSA) is 48.1 Å². The van der Waals surface area contributed by atoms with Gasteiger partial charge in [-0.3, -0.25) is 14.6 Å². The molecular weight excluding hydrogens is 314 g/mol. The summed E-state index contributed by atoms with van der Waals surface area (Å²) in [6.07, 6.45) is 7.99. The summed E-state index contributed by atoms with van der Waals surface area (Å²) in [5, 5.41) is 4.27. The molecule has 6 nitrogen and oxygen atoms in total. The number of hydrogen-bond donors (Lipinski definition) is 0.